The Balaban J connectivity index is 1.93. The van der Waals surface area contributed by atoms with Gasteiger partial charge in [0.15, 0.2) is 0 Å². The van der Waals surface area contributed by atoms with Crippen LogP contribution in [0.5, 0.6) is 0 Å². The first-order chi connectivity index (χ1) is 10.3. The SMILES string of the molecule is CNc1ncc(N2CCCC2)cc1B1OC(C)(C)C(C)(C)O1. The molecule has 3 heterocycles. The maximum Gasteiger partial charge on any atom is 0.498 e. The first-order valence-corrected chi connectivity index (χ1v) is 8.12. The number of hydrogen-bond acceptors (Lipinski definition) is 5. The minimum absolute atomic E-state index is 0.341. The molecule has 2 aliphatic rings. The van der Waals surface area contributed by atoms with E-state index in [1.807, 2.05) is 13.2 Å². The van der Waals surface area contributed by atoms with Crippen LogP contribution in [0.1, 0.15) is 40.5 Å². The summed E-state index contributed by atoms with van der Waals surface area (Å²) in [5, 5.41) is 3.16. The van der Waals surface area contributed by atoms with Crippen molar-refractivity contribution < 1.29 is 9.31 Å². The van der Waals surface area contributed by atoms with Gasteiger partial charge < -0.3 is 19.5 Å². The summed E-state index contributed by atoms with van der Waals surface area (Å²) >= 11 is 0. The number of hydrogen-bond donors (Lipinski definition) is 1. The Kier molecular flexibility index (Phi) is 3.85. The maximum absolute atomic E-state index is 6.19. The first-order valence-electron chi connectivity index (χ1n) is 8.12. The summed E-state index contributed by atoms with van der Waals surface area (Å²) in [5.41, 5.74) is 1.45. The molecule has 0 amide bonds. The zero-order chi connectivity index (χ0) is 16.0. The van der Waals surface area contributed by atoms with E-state index in [0.717, 1.165) is 30.1 Å². The van der Waals surface area contributed by atoms with E-state index in [2.05, 4.69) is 49.0 Å². The van der Waals surface area contributed by atoms with Gasteiger partial charge in [-0.15, -0.1) is 0 Å². The van der Waals surface area contributed by atoms with Crippen LogP contribution in [-0.2, 0) is 9.31 Å². The molecule has 1 aromatic rings. The van der Waals surface area contributed by atoms with Crippen molar-refractivity contribution in [2.45, 2.75) is 51.7 Å². The fraction of sp³-hybridized carbons (Fsp3) is 0.688. The summed E-state index contributed by atoms with van der Waals surface area (Å²) in [6.07, 6.45) is 4.44. The molecular formula is C16H26BN3O2. The van der Waals surface area contributed by atoms with E-state index in [9.17, 15) is 0 Å². The van der Waals surface area contributed by atoms with Gasteiger partial charge in [0.05, 0.1) is 23.1 Å². The Morgan fingerprint density at radius 2 is 1.73 bits per heavy atom. The second-order valence-electron chi connectivity index (χ2n) is 7.16. The van der Waals surface area contributed by atoms with Crippen molar-refractivity contribution in [2.24, 2.45) is 0 Å². The van der Waals surface area contributed by atoms with E-state index in [1.165, 1.54) is 12.8 Å². The van der Waals surface area contributed by atoms with Crippen LogP contribution in [0, 0.1) is 0 Å². The molecule has 0 saturated carbocycles. The number of rotatable bonds is 3. The van der Waals surface area contributed by atoms with E-state index >= 15 is 0 Å². The molecule has 0 spiro atoms. The van der Waals surface area contributed by atoms with E-state index in [1.54, 1.807) is 0 Å². The summed E-state index contributed by atoms with van der Waals surface area (Å²) in [4.78, 5) is 6.95. The largest absolute Gasteiger partial charge is 0.498 e. The molecule has 0 unspecified atom stereocenters. The minimum atomic E-state index is -0.387. The van der Waals surface area contributed by atoms with Gasteiger partial charge in [0, 0.05) is 25.6 Å². The van der Waals surface area contributed by atoms with Crippen molar-refractivity contribution in [3.05, 3.63) is 12.3 Å². The van der Waals surface area contributed by atoms with Crippen LogP contribution < -0.4 is 15.7 Å². The standard InChI is InChI=1S/C16H26BN3O2/c1-15(2)16(3,4)22-17(21-15)13-10-12(11-19-14(13)18-5)20-8-6-7-9-20/h10-11H,6-9H2,1-5H3,(H,18,19). The average Bonchev–Trinajstić information content (AvgIpc) is 3.05. The molecule has 2 saturated heterocycles. The van der Waals surface area contributed by atoms with Crippen molar-refractivity contribution in [3.8, 4) is 0 Å². The van der Waals surface area contributed by atoms with Gasteiger partial charge in [0.1, 0.15) is 5.82 Å². The quantitative estimate of drug-likeness (QED) is 0.866. The molecular weight excluding hydrogens is 277 g/mol. The fourth-order valence-corrected chi connectivity index (χ4v) is 2.98. The molecule has 2 fully saturated rings. The molecule has 0 radical (unpaired) electrons. The van der Waals surface area contributed by atoms with E-state index in [0.29, 0.717) is 0 Å². The van der Waals surface area contributed by atoms with Crippen LogP contribution in [0.3, 0.4) is 0 Å². The third-order valence-electron chi connectivity index (χ3n) is 5.12. The Morgan fingerprint density at radius 3 is 2.27 bits per heavy atom. The predicted octanol–water partition coefficient (Wildman–Crippen LogP) is 2.02. The highest BCUT2D eigenvalue weighted by atomic mass is 16.7. The lowest BCUT2D eigenvalue weighted by atomic mass is 9.79. The monoisotopic (exact) mass is 303 g/mol. The van der Waals surface area contributed by atoms with E-state index in [4.69, 9.17) is 9.31 Å². The minimum Gasteiger partial charge on any atom is -0.399 e. The third-order valence-corrected chi connectivity index (χ3v) is 5.12. The van der Waals surface area contributed by atoms with Gasteiger partial charge in [-0.1, -0.05) is 0 Å². The van der Waals surface area contributed by atoms with Gasteiger partial charge in [-0.25, -0.2) is 4.98 Å². The van der Waals surface area contributed by atoms with Crippen molar-refractivity contribution in [1.82, 2.24) is 4.98 Å². The van der Waals surface area contributed by atoms with Crippen molar-refractivity contribution in [2.75, 3.05) is 30.4 Å². The lowest BCUT2D eigenvalue weighted by Crippen LogP contribution is -2.41. The van der Waals surface area contributed by atoms with Crippen LogP contribution in [0.4, 0.5) is 11.5 Å². The molecule has 5 nitrogen and oxygen atoms in total. The van der Waals surface area contributed by atoms with Crippen LogP contribution in [0.2, 0.25) is 0 Å². The second kappa shape index (κ2) is 5.42. The fourth-order valence-electron chi connectivity index (χ4n) is 2.98. The number of nitrogens with zero attached hydrogens (tertiary/aromatic N) is 2. The lowest BCUT2D eigenvalue weighted by Gasteiger charge is -2.32. The van der Waals surface area contributed by atoms with Crippen LogP contribution >= 0.6 is 0 Å². The van der Waals surface area contributed by atoms with Crippen molar-refractivity contribution >= 4 is 24.1 Å². The Hall–Kier alpha value is -1.27. The number of pyridine rings is 1. The molecule has 0 aromatic carbocycles. The van der Waals surface area contributed by atoms with Gasteiger partial charge in [-0.2, -0.15) is 0 Å². The van der Waals surface area contributed by atoms with Gasteiger partial charge in [0.2, 0.25) is 0 Å². The van der Waals surface area contributed by atoms with Gasteiger partial charge in [-0.3, -0.25) is 0 Å². The van der Waals surface area contributed by atoms with Gasteiger partial charge >= 0.3 is 7.12 Å². The predicted molar refractivity (Wildman–Crippen MR) is 90.9 cm³/mol. The molecule has 1 N–H and O–H groups in total. The normalized spacial score (nSPS) is 23.1. The highest BCUT2D eigenvalue weighted by Gasteiger charge is 2.52. The summed E-state index contributed by atoms with van der Waals surface area (Å²) in [5.74, 6) is 0.821. The summed E-state index contributed by atoms with van der Waals surface area (Å²) in [6, 6.07) is 2.16. The molecule has 0 aliphatic carbocycles. The highest BCUT2D eigenvalue weighted by molar-refractivity contribution is 6.63. The Labute approximate surface area is 133 Å². The Bertz CT molecular complexity index is 540. The second-order valence-corrected chi connectivity index (χ2v) is 7.16. The molecule has 0 atom stereocenters. The summed E-state index contributed by atoms with van der Waals surface area (Å²) in [7, 11) is 1.49. The Morgan fingerprint density at radius 1 is 1.14 bits per heavy atom. The zero-order valence-electron chi connectivity index (χ0n) is 14.3. The molecule has 3 rings (SSSR count). The van der Waals surface area contributed by atoms with E-state index in [-0.39, 0.29) is 18.3 Å². The van der Waals surface area contributed by atoms with Crippen molar-refractivity contribution in [3.63, 3.8) is 0 Å². The number of nitrogens with one attached hydrogen (secondary N) is 1. The van der Waals surface area contributed by atoms with Crippen LogP contribution in [-0.4, -0.2) is 43.4 Å². The van der Waals surface area contributed by atoms with Crippen LogP contribution in [0.15, 0.2) is 12.3 Å². The molecule has 0 bridgehead atoms. The molecule has 6 heteroatoms. The molecule has 1 aromatic heterocycles. The summed E-state index contributed by atoms with van der Waals surface area (Å²) in [6.45, 7) is 10.5. The molecule has 120 valence electrons. The summed E-state index contributed by atoms with van der Waals surface area (Å²) < 4.78 is 12.4. The van der Waals surface area contributed by atoms with Crippen LogP contribution in [0.25, 0.3) is 0 Å². The lowest BCUT2D eigenvalue weighted by molar-refractivity contribution is 0.00578. The van der Waals surface area contributed by atoms with E-state index < -0.39 is 0 Å². The number of anilines is 2. The van der Waals surface area contributed by atoms with Gasteiger partial charge in [0.25, 0.3) is 0 Å². The van der Waals surface area contributed by atoms with Gasteiger partial charge in [-0.05, 0) is 46.6 Å². The smallest absolute Gasteiger partial charge is 0.399 e. The third kappa shape index (κ3) is 2.59. The number of aromatic nitrogens is 1. The molecule has 22 heavy (non-hydrogen) atoms. The van der Waals surface area contributed by atoms with Crippen molar-refractivity contribution in [1.29, 1.82) is 0 Å². The average molecular weight is 303 g/mol. The maximum atomic E-state index is 6.19. The highest BCUT2D eigenvalue weighted by Crippen LogP contribution is 2.37. The first kappa shape index (κ1) is 15.6. The zero-order valence-corrected chi connectivity index (χ0v) is 14.3. The topological polar surface area (TPSA) is 46.6 Å². The molecule has 2 aliphatic heterocycles.